The van der Waals surface area contributed by atoms with E-state index < -0.39 is 0 Å². The zero-order chi connectivity index (χ0) is 11.9. The quantitative estimate of drug-likeness (QED) is 0.795. The molecule has 1 aromatic heterocycles. The predicted molar refractivity (Wildman–Crippen MR) is 62.2 cm³/mol. The Kier molecular flexibility index (Phi) is 4.48. The minimum absolute atomic E-state index is 0.442. The van der Waals surface area contributed by atoms with E-state index in [-0.39, 0.29) is 0 Å². The summed E-state index contributed by atoms with van der Waals surface area (Å²) in [4.78, 5) is 3.92. The number of nitriles is 1. The van der Waals surface area contributed by atoms with E-state index in [1.807, 2.05) is 12.1 Å². The molecule has 0 aliphatic carbocycles. The highest BCUT2D eigenvalue weighted by molar-refractivity contribution is 5.24. The molecule has 0 bridgehead atoms. The maximum absolute atomic E-state index is 8.72. The van der Waals surface area contributed by atoms with Gasteiger partial charge in [0.25, 0.3) is 0 Å². The van der Waals surface area contributed by atoms with Crippen LogP contribution in [0.3, 0.4) is 0 Å². The largest absolute Gasteiger partial charge is 0.381 e. The molecule has 0 aromatic carbocycles. The molecule has 1 aliphatic heterocycles. The summed E-state index contributed by atoms with van der Waals surface area (Å²) in [6, 6.07) is 5.67. The highest BCUT2D eigenvalue weighted by Crippen LogP contribution is 2.15. The summed E-state index contributed by atoms with van der Waals surface area (Å²) in [7, 11) is 0. The van der Waals surface area contributed by atoms with Crippen molar-refractivity contribution in [3.63, 3.8) is 0 Å². The second-order valence-corrected chi connectivity index (χ2v) is 4.23. The highest BCUT2D eigenvalue weighted by atomic mass is 16.5. The SMILES string of the molecule is N#Cc1cc(COCC2CCOCC2)ccn1. The van der Waals surface area contributed by atoms with Crippen LogP contribution < -0.4 is 0 Å². The Morgan fingerprint density at radius 2 is 2.29 bits per heavy atom. The molecule has 2 heterocycles. The van der Waals surface area contributed by atoms with Gasteiger partial charge >= 0.3 is 0 Å². The zero-order valence-electron chi connectivity index (χ0n) is 9.76. The number of ether oxygens (including phenoxy) is 2. The third kappa shape index (κ3) is 3.81. The average Bonchev–Trinajstić information content (AvgIpc) is 2.40. The fraction of sp³-hybridized carbons (Fsp3) is 0.538. The summed E-state index contributed by atoms with van der Waals surface area (Å²) < 4.78 is 11.0. The topological polar surface area (TPSA) is 55.1 Å². The van der Waals surface area contributed by atoms with E-state index in [0.717, 1.165) is 38.2 Å². The van der Waals surface area contributed by atoms with Crippen LogP contribution in [0.4, 0.5) is 0 Å². The Balaban J connectivity index is 1.75. The maximum atomic E-state index is 8.72. The lowest BCUT2D eigenvalue weighted by Gasteiger charge is -2.21. The number of nitrogens with zero attached hydrogens (tertiary/aromatic N) is 2. The lowest BCUT2D eigenvalue weighted by molar-refractivity contribution is 0.0157. The molecule has 0 atom stereocenters. The van der Waals surface area contributed by atoms with E-state index >= 15 is 0 Å². The summed E-state index contributed by atoms with van der Waals surface area (Å²) in [6.45, 7) is 3.02. The summed E-state index contributed by atoms with van der Waals surface area (Å²) in [5.41, 5.74) is 1.45. The molecule has 0 amide bonds. The summed E-state index contributed by atoms with van der Waals surface area (Å²) in [5, 5.41) is 8.72. The zero-order valence-corrected chi connectivity index (χ0v) is 9.76. The highest BCUT2D eigenvalue weighted by Gasteiger charge is 2.13. The Morgan fingerprint density at radius 1 is 1.47 bits per heavy atom. The van der Waals surface area contributed by atoms with Crippen LogP contribution in [-0.4, -0.2) is 24.8 Å². The van der Waals surface area contributed by atoms with E-state index in [4.69, 9.17) is 14.7 Å². The van der Waals surface area contributed by atoms with Crippen LogP contribution in [0.5, 0.6) is 0 Å². The lowest BCUT2D eigenvalue weighted by Crippen LogP contribution is -2.20. The van der Waals surface area contributed by atoms with Crippen LogP contribution in [-0.2, 0) is 16.1 Å². The van der Waals surface area contributed by atoms with Gasteiger partial charge in [0, 0.05) is 19.4 Å². The molecule has 2 rings (SSSR count). The van der Waals surface area contributed by atoms with Crippen molar-refractivity contribution in [2.75, 3.05) is 19.8 Å². The van der Waals surface area contributed by atoms with Crippen molar-refractivity contribution in [1.29, 1.82) is 5.26 Å². The van der Waals surface area contributed by atoms with Crippen molar-refractivity contribution in [3.05, 3.63) is 29.6 Å². The van der Waals surface area contributed by atoms with Gasteiger partial charge < -0.3 is 9.47 Å². The maximum Gasteiger partial charge on any atom is 0.140 e. The molecule has 1 saturated heterocycles. The van der Waals surface area contributed by atoms with Gasteiger partial charge in [-0.15, -0.1) is 0 Å². The van der Waals surface area contributed by atoms with Crippen molar-refractivity contribution in [1.82, 2.24) is 4.98 Å². The van der Waals surface area contributed by atoms with Gasteiger partial charge in [0.1, 0.15) is 11.8 Å². The van der Waals surface area contributed by atoms with Crippen LogP contribution in [0.1, 0.15) is 24.1 Å². The Bertz CT molecular complexity index is 395. The molecule has 1 aromatic rings. The first kappa shape index (κ1) is 12.0. The molecular formula is C13H16N2O2. The molecule has 4 nitrogen and oxygen atoms in total. The van der Waals surface area contributed by atoms with Crippen molar-refractivity contribution in [2.24, 2.45) is 5.92 Å². The minimum Gasteiger partial charge on any atom is -0.381 e. The number of rotatable bonds is 4. The smallest absolute Gasteiger partial charge is 0.140 e. The van der Waals surface area contributed by atoms with E-state index in [9.17, 15) is 0 Å². The molecule has 0 spiro atoms. The van der Waals surface area contributed by atoms with Crippen molar-refractivity contribution >= 4 is 0 Å². The van der Waals surface area contributed by atoms with Gasteiger partial charge in [-0.05, 0) is 36.5 Å². The number of pyridine rings is 1. The van der Waals surface area contributed by atoms with Gasteiger partial charge in [-0.1, -0.05) is 0 Å². The van der Waals surface area contributed by atoms with Crippen LogP contribution in [0, 0.1) is 17.2 Å². The number of aromatic nitrogens is 1. The Morgan fingerprint density at radius 3 is 3.06 bits per heavy atom. The second-order valence-electron chi connectivity index (χ2n) is 4.23. The van der Waals surface area contributed by atoms with Crippen LogP contribution in [0.15, 0.2) is 18.3 Å². The predicted octanol–water partition coefficient (Wildman–Crippen LogP) is 1.90. The van der Waals surface area contributed by atoms with E-state index in [0.29, 0.717) is 18.2 Å². The Hall–Kier alpha value is -1.44. The number of hydrogen-bond donors (Lipinski definition) is 0. The first-order valence-corrected chi connectivity index (χ1v) is 5.89. The second kappa shape index (κ2) is 6.33. The third-order valence-electron chi connectivity index (χ3n) is 2.90. The Labute approximate surface area is 101 Å². The standard InChI is InChI=1S/C13H16N2O2/c14-8-13-7-12(1-4-15-13)10-17-9-11-2-5-16-6-3-11/h1,4,7,11H,2-3,5-6,9-10H2. The molecule has 0 unspecified atom stereocenters. The van der Waals surface area contributed by atoms with E-state index in [1.165, 1.54) is 0 Å². The van der Waals surface area contributed by atoms with Gasteiger partial charge in [0.2, 0.25) is 0 Å². The third-order valence-corrected chi connectivity index (χ3v) is 2.90. The summed E-state index contributed by atoms with van der Waals surface area (Å²) in [6.07, 6.45) is 3.81. The normalized spacial score (nSPS) is 16.6. The molecule has 0 radical (unpaired) electrons. The molecule has 90 valence electrons. The van der Waals surface area contributed by atoms with Gasteiger partial charge in [0.05, 0.1) is 13.2 Å². The van der Waals surface area contributed by atoms with E-state index in [1.54, 1.807) is 12.3 Å². The molecular weight excluding hydrogens is 216 g/mol. The van der Waals surface area contributed by atoms with Crippen LogP contribution >= 0.6 is 0 Å². The summed E-state index contributed by atoms with van der Waals surface area (Å²) in [5.74, 6) is 0.612. The van der Waals surface area contributed by atoms with Crippen LogP contribution in [0.25, 0.3) is 0 Å². The molecule has 0 saturated carbocycles. The fourth-order valence-electron chi connectivity index (χ4n) is 1.88. The molecule has 17 heavy (non-hydrogen) atoms. The molecule has 1 fully saturated rings. The van der Waals surface area contributed by atoms with E-state index in [2.05, 4.69) is 4.98 Å². The number of hydrogen-bond acceptors (Lipinski definition) is 4. The van der Waals surface area contributed by atoms with Crippen molar-refractivity contribution in [3.8, 4) is 6.07 Å². The fourth-order valence-corrected chi connectivity index (χ4v) is 1.88. The first-order chi connectivity index (χ1) is 8.38. The molecule has 4 heteroatoms. The lowest BCUT2D eigenvalue weighted by atomic mass is 10.0. The van der Waals surface area contributed by atoms with Gasteiger partial charge in [-0.2, -0.15) is 5.26 Å². The molecule has 1 aliphatic rings. The van der Waals surface area contributed by atoms with Crippen LogP contribution in [0.2, 0.25) is 0 Å². The minimum atomic E-state index is 0.442. The van der Waals surface area contributed by atoms with Crippen molar-refractivity contribution < 1.29 is 9.47 Å². The summed E-state index contributed by atoms with van der Waals surface area (Å²) >= 11 is 0. The molecule has 0 N–H and O–H groups in total. The average molecular weight is 232 g/mol. The first-order valence-electron chi connectivity index (χ1n) is 5.89. The van der Waals surface area contributed by atoms with Gasteiger partial charge in [-0.3, -0.25) is 0 Å². The van der Waals surface area contributed by atoms with Crippen molar-refractivity contribution in [2.45, 2.75) is 19.4 Å². The van der Waals surface area contributed by atoms with Gasteiger partial charge in [-0.25, -0.2) is 4.98 Å². The van der Waals surface area contributed by atoms with Gasteiger partial charge in [0.15, 0.2) is 0 Å². The monoisotopic (exact) mass is 232 g/mol.